The van der Waals surface area contributed by atoms with Crippen molar-refractivity contribution in [3.63, 3.8) is 0 Å². The number of benzene rings is 1. The van der Waals surface area contributed by atoms with Crippen molar-refractivity contribution in [2.45, 2.75) is 61.3 Å². The summed E-state index contributed by atoms with van der Waals surface area (Å²) in [4.78, 5) is 9.57. The zero-order valence-corrected chi connectivity index (χ0v) is 17.1. The second-order valence-electron chi connectivity index (χ2n) is 7.25. The molecule has 0 aliphatic rings. The first-order chi connectivity index (χ1) is 12.4. The average molecular weight is 351 g/mol. The molecule has 0 bridgehead atoms. The van der Waals surface area contributed by atoms with Gasteiger partial charge >= 0.3 is 0 Å². The van der Waals surface area contributed by atoms with Gasteiger partial charge in [-0.15, -0.1) is 0 Å². The molecular formula is C22H30N4. The fourth-order valence-electron chi connectivity index (χ4n) is 4.07. The minimum Gasteiger partial charge on any atom is -0.369 e. The maximum atomic E-state index is 4.87. The molecule has 4 nitrogen and oxygen atoms in total. The molecule has 0 amide bonds. The lowest BCUT2D eigenvalue weighted by atomic mass is 10.0. The third-order valence-corrected chi connectivity index (χ3v) is 5.03. The van der Waals surface area contributed by atoms with E-state index in [1.54, 1.807) is 0 Å². The number of nitrogens with zero attached hydrogens (tertiary/aromatic N) is 3. The van der Waals surface area contributed by atoms with E-state index in [4.69, 9.17) is 9.97 Å². The summed E-state index contributed by atoms with van der Waals surface area (Å²) >= 11 is 0. The Morgan fingerprint density at radius 3 is 2.19 bits per heavy atom. The molecule has 0 aliphatic heterocycles. The van der Waals surface area contributed by atoms with Crippen LogP contribution in [0.2, 0.25) is 0 Å². The zero-order chi connectivity index (χ0) is 19.0. The minimum atomic E-state index is 0.805. The van der Waals surface area contributed by atoms with E-state index in [0.29, 0.717) is 0 Å². The van der Waals surface area contributed by atoms with E-state index < -0.39 is 0 Å². The Bertz CT molecular complexity index is 943. The summed E-state index contributed by atoms with van der Waals surface area (Å²) in [5, 5.41) is 4.66. The lowest BCUT2D eigenvalue weighted by Gasteiger charge is -2.17. The molecule has 0 aliphatic carbocycles. The third-order valence-electron chi connectivity index (χ3n) is 5.03. The Morgan fingerprint density at radius 2 is 1.62 bits per heavy atom. The van der Waals surface area contributed by atoms with Crippen LogP contribution in [0, 0.1) is 34.6 Å². The van der Waals surface area contributed by atoms with Crippen LogP contribution in [0.15, 0.2) is 12.1 Å². The van der Waals surface area contributed by atoms with Gasteiger partial charge in [0.15, 0.2) is 5.65 Å². The highest BCUT2D eigenvalue weighted by Crippen LogP contribution is 2.35. The topological polar surface area (TPSA) is 42.7 Å². The van der Waals surface area contributed by atoms with Crippen LogP contribution in [0.25, 0.3) is 16.7 Å². The molecule has 0 saturated heterocycles. The first-order valence-electron chi connectivity index (χ1n) is 9.59. The van der Waals surface area contributed by atoms with Gasteiger partial charge in [0.05, 0.1) is 11.1 Å². The summed E-state index contributed by atoms with van der Waals surface area (Å²) in [5.74, 6) is 1.77. The van der Waals surface area contributed by atoms with E-state index in [9.17, 15) is 0 Å². The second kappa shape index (κ2) is 7.10. The SMILES string of the molecule is CCCNc1nc(C)nc2c1c(C)c(CC)n2-c1c(C)cc(C)cc1C. The number of nitrogens with one attached hydrogen (secondary N) is 1. The molecule has 0 saturated carbocycles. The summed E-state index contributed by atoms with van der Waals surface area (Å²) in [7, 11) is 0. The fourth-order valence-corrected chi connectivity index (χ4v) is 4.07. The van der Waals surface area contributed by atoms with Crippen molar-refractivity contribution in [3.05, 3.63) is 45.9 Å². The molecule has 1 aromatic carbocycles. The number of hydrogen-bond acceptors (Lipinski definition) is 3. The molecule has 0 spiro atoms. The second-order valence-corrected chi connectivity index (χ2v) is 7.25. The fraction of sp³-hybridized carbons (Fsp3) is 0.455. The minimum absolute atomic E-state index is 0.805. The van der Waals surface area contributed by atoms with Gasteiger partial charge in [0, 0.05) is 12.2 Å². The van der Waals surface area contributed by atoms with Crippen LogP contribution in [0.5, 0.6) is 0 Å². The standard InChI is InChI=1S/C22H30N4/c1-8-10-23-21-19-16(6)18(9-2)26(22(19)25-17(7)24-21)20-14(4)11-13(3)12-15(20)5/h11-12H,8-10H2,1-7H3,(H,23,24,25). The Morgan fingerprint density at radius 1 is 0.962 bits per heavy atom. The predicted octanol–water partition coefficient (Wildman–Crippen LogP) is 5.35. The lowest BCUT2D eigenvalue weighted by molar-refractivity contribution is 0.914. The monoisotopic (exact) mass is 350 g/mol. The number of aryl methyl sites for hydroxylation is 5. The van der Waals surface area contributed by atoms with Crippen molar-refractivity contribution in [2.24, 2.45) is 0 Å². The van der Waals surface area contributed by atoms with Gasteiger partial charge < -0.3 is 5.32 Å². The summed E-state index contributed by atoms with van der Waals surface area (Å²) in [5.41, 5.74) is 8.73. The highest BCUT2D eigenvalue weighted by molar-refractivity contribution is 5.93. The smallest absolute Gasteiger partial charge is 0.150 e. The molecule has 138 valence electrons. The van der Waals surface area contributed by atoms with E-state index in [-0.39, 0.29) is 0 Å². The largest absolute Gasteiger partial charge is 0.369 e. The number of fused-ring (bicyclic) bond motifs is 1. The Balaban J connectivity index is 2.41. The summed E-state index contributed by atoms with van der Waals surface area (Å²) < 4.78 is 2.36. The summed E-state index contributed by atoms with van der Waals surface area (Å²) in [6.45, 7) is 16.0. The third kappa shape index (κ3) is 2.98. The molecule has 1 N–H and O–H groups in total. The van der Waals surface area contributed by atoms with Crippen LogP contribution in [0.4, 0.5) is 5.82 Å². The Labute approximate surface area is 156 Å². The van der Waals surface area contributed by atoms with E-state index in [0.717, 1.165) is 42.1 Å². The maximum Gasteiger partial charge on any atom is 0.150 e. The van der Waals surface area contributed by atoms with Gasteiger partial charge in [-0.25, -0.2) is 9.97 Å². The molecule has 3 rings (SSSR count). The van der Waals surface area contributed by atoms with Crippen LogP contribution in [-0.4, -0.2) is 21.1 Å². The molecule has 4 heteroatoms. The van der Waals surface area contributed by atoms with Crippen LogP contribution in [0.3, 0.4) is 0 Å². The van der Waals surface area contributed by atoms with Gasteiger partial charge in [0.25, 0.3) is 0 Å². The quantitative estimate of drug-likeness (QED) is 0.675. The van der Waals surface area contributed by atoms with Crippen LogP contribution in [-0.2, 0) is 6.42 Å². The molecule has 0 fully saturated rings. The summed E-state index contributed by atoms with van der Waals surface area (Å²) in [6.07, 6.45) is 2.03. The van der Waals surface area contributed by atoms with Crippen molar-refractivity contribution in [3.8, 4) is 5.69 Å². The molecule has 0 radical (unpaired) electrons. The molecule has 26 heavy (non-hydrogen) atoms. The predicted molar refractivity (Wildman–Crippen MR) is 111 cm³/mol. The van der Waals surface area contributed by atoms with E-state index in [1.165, 1.54) is 33.6 Å². The Hall–Kier alpha value is -2.36. The van der Waals surface area contributed by atoms with Crippen molar-refractivity contribution >= 4 is 16.9 Å². The molecule has 0 unspecified atom stereocenters. The average Bonchev–Trinajstić information content (AvgIpc) is 2.83. The van der Waals surface area contributed by atoms with Crippen molar-refractivity contribution in [2.75, 3.05) is 11.9 Å². The number of hydrogen-bond donors (Lipinski definition) is 1. The highest BCUT2D eigenvalue weighted by atomic mass is 15.1. The van der Waals surface area contributed by atoms with Gasteiger partial charge in [0.2, 0.25) is 0 Å². The normalized spacial score (nSPS) is 11.3. The maximum absolute atomic E-state index is 4.87. The van der Waals surface area contributed by atoms with Crippen LogP contribution < -0.4 is 5.32 Å². The van der Waals surface area contributed by atoms with Gasteiger partial charge in [-0.2, -0.15) is 0 Å². The van der Waals surface area contributed by atoms with Crippen molar-refractivity contribution in [1.29, 1.82) is 0 Å². The molecule has 2 heterocycles. The van der Waals surface area contributed by atoms with E-state index in [2.05, 4.69) is 63.6 Å². The first kappa shape index (κ1) is 18.4. The molecule has 3 aromatic rings. The van der Waals surface area contributed by atoms with E-state index in [1.807, 2.05) is 6.92 Å². The van der Waals surface area contributed by atoms with Crippen molar-refractivity contribution < 1.29 is 0 Å². The van der Waals surface area contributed by atoms with Crippen molar-refractivity contribution in [1.82, 2.24) is 14.5 Å². The molecular weight excluding hydrogens is 320 g/mol. The molecule has 2 aromatic heterocycles. The highest BCUT2D eigenvalue weighted by Gasteiger charge is 2.21. The summed E-state index contributed by atoms with van der Waals surface area (Å²) in [6, 6.07) is 4.51. The number of aromatic nitrogens is 3. The van der Waals surface area contributed by atoms with Crippen LogP contribution >= 0.6 is 0 Å². The zero-order valence-electron chi connectivity index (χ0n) is 17.1. The van der Waals surface area contributed by atoms with Gasteiger partial charge in [0.1, 0.15) is 11.6 Å². The first-order valence-corrected chi connectivity index (χ1v) is 9.59. The van der Waals surface area contributed by atoms with Crippen LogP contribution in [0.1, 0.15) is 54.0 Å². The van der Waals surface area contributed by atoms with Gasteiger partial charge in [-0.1, -0.05) is 31.5 Å². The van der Waals surface area contributed by atoms with Gasteiger partial charge in [-0.05, 0) is 64.2 Å². The number of anilines is 1. The van der Waals surface area contributed by atoms with E-state index >= 15 is 0 Å². The number of rotatable bonds is 5. The molecule has 0 atom stereocenters. The Kier molecular flexibility index (Phi) is 5.03. The van der Waals surface area contributed by atoms with Gasteiger partial charge in [-0.3, -0.25) is 4.57 Å². The lowest BCUT2D eigenvalue weighted by Crippen LogP contribution is -2.07.